The highest BCUT2D eigenvalue weighted by molar-refractivity contribution is 5.06. The summed E-state index contributed by atoms with van der Waals surface area (Å²) in [4.78, 5) is 0. The van der Waals surface area contributed by atoms with E-state index in [2.05, 4.69) is 25.0 Å². The van der Waals surface area contributed by atoms with Gasteiger partial charge in [-0.1, -0.05) is 13.8 Å². The second kappa shape index (κ2) is 4.08. The van der Waals surface area contributed by atoms with Crippen molar-refractivity contribution in [3.05, 3.63) is 18.0 Å². The van der Waals surface area contributed by atoms with Crippen LogP contribution in [0, 0.1) is 17.2 Å². The van der Waals surface area contributed by atoms with Gasteiger partial charge in [0, 0.05) is 6.20 Å². The number of hydrogen-bond acceptors (Lipinski definition) is 2. The van der Waals surface area contributed by atoms with E-state index >= 15 is 0 Å². The minimum Gasteiger partial charge on any atom is -0.256 e. The molecule has 70 valence electrons. The molecule has 0 bridgehead atoms. The number of nitrogens with zero attached hydrogens (tertiary/aromatic N) is 3. The molecule has 0 aromatic carbocycles. The van der Waals surface area contributed by atoms with Gasteiger partial charge in [-0.15, -0.1) is 0 Å². The van der Waals surface area contributed by atoms with Gasteiger partial charge in [0.15, 0.2) is 0 Å². The second-order valence-electron chi connectivity index (χ2n) is 3.73. The van der Waals surface area contributed by atoms with Crippen molar-refractivity contribution < 1.29 is 0 Å². The summed E-state index contributed by atoms with van der Waals surface area (Å²) in [6, 6.07) is 1.98. The molecule has 0 saturated heterocycles. The van der Waals surface area contributed by atoms with Crippen LogP contribution in [0.25, 0.3) is 0 Å². The summed E-state index contributed by atoms with van der Waals surface area (Å²) in [5.41, 5.74) is 1.21. The Hall–Kier alpha value is -1.30. The topological polar surface area (TPSA) is 41.6 Å². The summed E-state index contributed by atoms with van der Waals surface area (Å²) in [5.74, 6) is 0.634. The highest BCUT2D eigenvalue weighted by Gasteiger charge is 2.05. The maximum absolute atomic E-state index is 8.67. The average Bonchev–Trinajstić information content (AvgIpc) is 2.50. The van der Waals surface area contributed by atoms with Crippen LogP contribution >= 0.6 is 0 Å². The van der Waals surface area contributed by atoms with Crippen molar-refractivity contribution in [2.75, 3.05) is 0 Å². The molecule has 13 heavy (non-hydrogen) atoms. The molecule has 1 aromatic rings. The third-order valence-electron chi connectivity index (χ3n) is 1.88. The zero-order valence-corrected chi connectivity index (χ0v) is 8.36. The van der Waals surface area contributed by atoms with Gasteiger partial charge in [-0.2, -0.15) is 10.4 Å². The van der Waals surface area contributed by atoms with E-state index in [1.54, 1.807) is 4.68 Å². The zero-order chi connectivity index (χ0) is 9.84. The van der Waals surface area contributed by atoms with Crippen LogP contribution in [0.2, 0.25) is 0 Å². The predicted molar refractivity (Wildman–Crippen MR) is 51.1 cm³/mol. The molecule has 1 heterocycles. The van der Waals surface area contributed by atoms with Crippen molar-refractivity contribution in [3.63, 3.8) is 0 Å². The monoisotopic (exact) mass is 177 g/mol. The lowest BCUT2D eigenvalue weighted by atomic mass is 10.1. The van der Waals surface area contributed by atoms with E-state index in [-0.39, 0.29) is 6.04 Å². The van der Waals surface area contributed by atoms with E-state index in [9.17, 15) is 0 Å². The lowest BCUT2D eigenvalue weighted by molar-refractivity contribution is 0.588. The molecule has 1 atom stereocenters. The van der Waals surface area contributed by atoms with Crippen LogP contribution in [0.15, 0.2) is 12.4 Å². The van der Waals surface area contributed by atoms with Gasteiger partial charge in [0.25, 0.3) is 0 Å². The number of hydrogen-bond donors (Lipinski definition) is 0. The molecule has 3 heteroatoms. The van der Waals surface area contributed by atoms with E-state index in [0.29, 0.717) is 5.92 Å². The Morgan fingerprint density at radius 1 is 1.54 bits per heavy atom. The molecule has 0 spiro atoms. The van der Waals surface area contributed by atoms with Gasteiger partial charge in [-0.05, 0) is 24.8 Å². The Kier molecular flexibility index (Phi) is 3.07. The molecule has 1 aromatic heterocycles. The molecule has 0 aliphatic heterocycles. The summed E-state index contributed by atoms with van der Waals surface area (Å²) in [5, 5.41) is 12.8. The van der Waals surface area contributed by atoms with Crippen molar-refractivity contribution in [2.45, 2.75) is 33.2 Å². The van der Waals surface area contributed by atoms with Crippen molar-refractivity contribution in [2.24, 2.45) is 5.92 Å². The van der Waals surface area contributed by atoms with Crippen LogP contribution in [0.5, 0.6) is 0 Å². The molecule has 0 N–H and O–H groups in total. The third kappa shape index (κ3) is 2.59. The number of nitriles is 1. The van der Waals surface area contributed by atoms with E-state index in [4.69, 9.17) is 5.26 Å². The van der Waals surface area contributed by atoms with E-state index in [1.165, 1.54) is 5.56 Å². The lowest BCUT2D eigenvalue weighted by Crippen LogP contribution is -2.02. The van der Waals surface area contributed by atoms with Crippen LogP contribution in [0.3, 0.4) is 0 Å². The van der Waals surface area contributed by atoms with Gasteiger partial charge in [-0.3, -0.25) is 4.68 Å². The first kappa shape index (κ1) is 9.79. The first-order valence-corrected chi connectivity index (χ1v) is 4.56. The van der Waals surface area contributed by atoms with Gasteiger partial charge in [0.1, 0.15) is 6.04 Å². The fourth-order valence-corrected chi connectivity index (χ4v) is 1.23. The van der Waals surface area contributed by atoms with Crippen molar-refractivity contribution >= 4 is 0 Å². The maximum atomic E-state index is 8.67. The normalized spacial score (nSPS) is 12.8. The van der Waals surface area contributed by atoms with Crippen LogP contribution < -0.4 is 0 Å². The Balaban J connectivity index is 2.70. The number of rotatable bonds is 3. The first-order chi connectivity index (χ1) is 6.13. The van der Waals surface area contributed by atoms with Gasteiger partial charge in [-0.25, -0.2) is 0 Å². The van der Waals surface area contributed by atoms with Crippen LogP contribution in [-0.2, 0) is 6.42 Å². The van der Waals surface area contributed by atoms with E-state index in [0.717, 1.165) is 6.42 Å². The predicted octanol–water partition coefficient (Wildman–Crippen LogP) is 2.17. The Bertz CT molecular complexity index is 306. The maximum Gasteiger partial charge on any atom is 0.135 e. The molecular weight excluding hydrogens is 162 g/mol. The summed E-state index contributed by atoms with van der Waals surface area (Å²) < 4.78 is 1.71. The molecule has 3 nitrogen and oxygen atoms in total. The summed E-state index contributed by atoms with van der Waals surface area (Å²) in [6.07, 6.45) is 4.82. The van der Waals surface area contributed by atoms with E-state index in [1.807, 2.05) is 19.3 Å². The van der Waals surface area contributed by atoms with Gasteiger partial charge in [0.2, 0.25) is 0 Å². The SMILES string of the molecule is CC(C)Cc1cnn(C(C)C#N)c1. The lowest BCUT2D eigenvalue weighted by Gasteiger charge is -2.01. The zero-order valence-electron chi connectivity index (χ0n) is 8.36. The van der Waals surface area contributed by atoms with Crippen LogP contribution in [0.1, 0.15) is 32.4 Å². The smallest absolute Gasteiger partial charge is 0.135 e. The van der Waals surface area contributed by atoms with Crippen LogP contribution in [0.4, 0.5) is 0 Å². The number of aromatic nitrogens is 2. The van der Waals surface area contributed by atoms with Gasteiger partial charge in [0.05, 0.1) is 12.3 Å². The molecule has 1 unspecified atom stereocenters. The van der Waals surface area contributed by atoms with E-state index < -0.39 is 0 Å². The van der Waals surface area contributed by atoms with Gasteiger partial charge < -0.3 is 0 Å². The third-order valence-corrected chi connectivity index (χ3v) is 1.88. The van der Waals surface area contributed by atoms with Crippen molar-refractivity contribution in [1.82, 2.24) is 9.78 Å². The molecule has 0 aliphatic carbocycles. The molecule has 0 fully saturated rings. The minimum absolute atomic E-state index is 0.166. The van der Waals surface area contributed by atoms with Gasteiger partial charge >= 0.3 is 0 Å². The molecule has 0 saturated carbocycles. The fraction of sp³-hybridized carbons (Fsp3) is 0.600. The highest BCUT2D eigenvalue weighted by Crippen LogP contribution is 2.09. The molecular formula is C10H15N3. The quantitative estimate of drug-likeness (QED) is 0.710. The average molecular weight is 177 g/mol. The molecule has 0 radical (unpaired) electrons. The first-order valence-electron chi connectivity index (χ1n) is 4.56. The molecule has 0 amide bonds. The fourth-order valence-electron chi connectivity index (χ4n) is 1.23. The summed E-state index contributed by atoms with van der Waals surface area (Å²) in [6.45, 7) is 6.18. The summed E-state index contributed by atoms with van der Waals surface area (Å²) in [7, 11) is 0. The highest BCUT2D eigenvalue weighted by atomic mass is 15.3. The summed E-state index contributed by atoms with van der Waals surface area (Å²) >= 11 is 0. The standard InChI is InChI=1S/C10H15N3/c1-8(2)4-10-6-12-13(7-10)9(3)5-11/h6-9H,4H2,1-3H3. The van der Waals surface area contributed by atoms with Crippen molar-refractivity contribution in [3.8, 4) is 6.07 Å². The Morgan fingerprint density at radius 2 is 2.23 bits per heavy atom. The van der Waals surface area contributed by atoms with Crippen molar-refractivity contribution in [1.29, 1.82) is 5.26 Å². The molecule has 0 aliphatic rings. The largest absolute Gasteiger partial charge is 0.256 e. The Labute approximate surface area is 79.0 Å². The Morgan fingerprint density at radius 3 is 2.77 bits per heavy atom. The second-order valence-corrected chi connectivity index (χ2v) is 3.73. The molecule has 1 rings (SSSR count). The minimum atomic E-state index is -0.166. The van der Waals surface area contributed by atoms with Crippen LogP contribution in [-0.4, -0.2) is 9.78 Å².